The van der Waals surface area contributed by atoms with Crippen molar-refractivity contribution in [2.75, 3.05) is 0 Å². The van der Waals surface area contributed by atoms with Gasteiger partial charge in [-0.3, -0.25) is 0 Å². The van der Waals surface area contributed by atoms with E-state index in [9.17, 15) is 0 Å². The van der Waals surface area contributed by atoms with Gasteiger partial charge in [0.1, 0.15) is 10.8 Å². The summed E-state index contributed by atoms with van der Waals surface area (Å²) in [5.41, 5.74) is 13.0. The summed E-state index contributed by atoms with van der Waals surface area (Å²) in [6.07, 6.45) is 13.0. The molecule has 5 heteroatoms. The Bertz CT molecular complexity index is 2340. The zero-order valence-corrected chi connectivity index (χ0v) is 24.3. The van der Waals surface area contributed by atoms with Crippen LogP contribution in [0.5, 0.6) is 0 Å². The third-order valence-corrected chi connectivity index (χ3v) is 8.62. The first-order valence-electron chi connectivity index (χ1n) is 14.5. The van der Waals surface area contributed by atoms with Crippen molar-refractivity contribution < 1.29 is 22.2 Å². The number of aryl methyl sites for hydroxylation is 4. The molecule has 7 heterocycles. The molecule has 0 N–H and O–H groups in total. The minimum absolute atomic E-state index is 1.13. The fraction of sp³-hybridized carbons (Fsp3) is 0.108. The van der Waals surface area contributed by atoms with E-state index in [0.717, 1.165) is 22.1 Å². The maximum atomic E-state index is 2.56. The average molecular weight is 547 g/mol. The topological polar surface area (TPSA) is 20.5 Å². The highest BCUT2D eigenvalue weighted by atomic mass is 15.3. The third kappa shape index (κ3) is 3.40. The lowest BCUT2D eigenvalue weighted by Gasteiger charge is -2.07. The number of hydrogen-bond acceptors (Lipinski definition) is 0. The van der Waals surface area contributed by atoms with E-state index in [4.69, 9.17) is 0 Å². The predicted molar refractivity (Wildman–Crippen MR) is 164 cm³/mol. The molecular weight excluding hydrogens is 514 g/mol. The summed E-state index contributed by atoms with van der Waals surface area (Å²) in [6.45, 7) is 8.99. The Morgan fingerprint density at radius 1 is 0.381 bits per heavy atom. The van der Waals surface area contributed by atoms with Gasteiger partial charge in [0.25, 0.3) is 22.1 Å². The molecular formula is C37H32N5+5. The van der Waals surface area contributed by atoms with Crippen molar-refractivity contribution in [3.8, 4) is 0 Å². The molecule has 42 heavy (non-hydrogen) atoms. The fourth-order valence-corrected chi connectivity index (χ4v) is 6.98. The normalized spacial score (nSPS) is 11.8. The van der Waals surface area contributed by atoms with Crippen LogP contribution in [0.25, 0.3) is 49.4 Å². The van der Waals surface area contributed by atoms with Crippen LogP contribution in [-0.4, -0.2) is 0 Å². The van der Waals surface area contributed by atoms with Crippen molar-refractivity contribution >= 4 is 49.4 Å². The zero-order valence-electron chi connectivity index (χ0n) is 24.3. The molecule has 0 atom stereocenters. The number of hydrogen-bond donors (Lipinski definition) is 0. The smallest absolute Gasteiger partial charge is 0.161 e. The molecule has 0 fully saturated rings. The second-order valence-electron chi connectivity index (χ2n) is 11.3. The lowest BCUT2D eigenvalue weighted by atomic mass is 9.99. The maximum absolute atomic E-state index is 2.56. The number of aromatic nitrogens is 5. The first-order chi connectivity index (χ1) is 20.5. The zero-order chi connectivity index (χ0) is 28.5. The largest absolute Gasteiger partial charge is 0.348 e. The summed E-state index contributed by atoms with van der Waals surface area (Å²) < 4.78 is 11.6. The summed E-state index contributed by atoms with van der Waals surface area (Å²) >= 11 is 0. The van der Waals surface area contributed by atoms with Crippen LogP contribution < -0.4 is 22.2 Å². The van der Waals surface area contributed by atoms with Crippen LogP contribution in [0.15, 0.2) is 122 Å². The highest BCUT2D eigenvalue weighted by molar-refractivity contribution is 6.08. The molecule has 0 spiro atoms. The van der Waals surface area contributed by atoms with Crippen molar-refractivity contribution in [2.24, 2.45) is 0 Å². The van der Waals surface area contributed by atoms with Crippen LogP contribution in [-0.2, 0) is 0 Å². The van der Waals surface area contributed by atoms with Crippen LogP contribution >= 0.6 is 0 Å². The molecule has 0 amide bonds. The summed E-state index contributed by atoms with van der Waals surface area (Å²) in [5.74, 6) is 0. The standard InChI is InChI=1S/C37H32N5/c1-25-23-26(2)34-30-14-7-11-19-40(30)41-20-12-8-16-32(41)36-28(4)24-27(3)35-31-15-6-10-18-39(31)22-21-38-17-9-5-13-29(38)33(25)37(34)42(35)36/h5-24H,1-4H3/q+5. The van der Waals surface area contributed by atoms with Gasteiger partial charge in [-0.25, -0.2) is 0 Å². The molecule has 5 nitrogen and oxygen atoms in total. The molecule has 1 aromatic carbocycles. The van der Waals surface area contributed by atoms with Crippen molar-refractivity contribution in [1.29, 1.82) is 0 Å². The highest BCUT2D eigenvalue weighted by Crippen LogP contribution is 2.30. The molecule has 0 saturated carbocycles. The second-order valence-corrected chi connectivity index (χ2v) is 11.3. The number of benzene rings is 1. The molecule has 0 aliphatic heterocycles. The molecule has 0 aliphatic rings. The first-order valence-corrected chi connectivity index (χ1v) is 14.5. The Hall–Kier alpha value is -5.29. The van der Waals surface area contributed by atoms with Gasteiger partial charge >= 0.3 is 5.52 Å². The van der Waals surface area contributed by atoms with E-state index >= 15 is 0 Å². The molecule has 8 rings (SSSR count). The molecule has 7 aromatic heterocycles. The molecule has 200 valence electrons. The van der Waals surface area contributed by atoms with Gasteiger partial charge in [-0.1, -0.05) is 6.07 Å². The fourth-order valence-electron chi connectivity index (χ4n) is 6.98. The summed E-state index contributed by atoms with van der Waals surface area (Å²) in [5, 5.41) is 2.45. The Morgan fingerprint density at radius 3 is 1.50 bits per heavy atom. The van der Waals surface area contributed by atoms with Crippen LogP contribution in [0, 0.1) is 27.7 Å². The van der Waals surface area contributed by atoms with E-state index in [1.54, 1.807) is 0 Å². The second kappa shape index (κ2) is 9.11. The van der Waals surface area contributed by atoms with Crippen molar-refractivity contribution in [3.05, 3.63) is 144 Å². The summed E-state index contributed by atoms with van der Waals surface area (Å²) in [4.78, 5) is 0. The quantitative estimate of drug-likeness (QED) is 0.238. The Morgan fingerprint density at radius 2 is 0.833 bits per heavy atom. The molecule has 0 saturated heterocycles. The molecule has 8 aromatic rings. The monoisotopic (exact) mass is 546 g/mol. The van der Waals surface area contributed by atoms with Gasteiger partial charge in [0, 0.05) is 59.7 Å². The minimum atomic E-state index is 1.13. The number of rotatable bonds is 0. The Kier molecular flexibility index (Phi) is 5.32. The van der Waals surface area contributed by atoms with Gasteiger partial charge in [0.2, 0.25) is 35.8 Å². The van der Waals surface area contributed by atoms with Gasteiger partial charge in [-0.2, -0.15) is 8.80 Å². The molecule has 0 aliphatic carbocycles. The third-order valence-electron chi connectivity index (χ3n) is 8.62. The van der Waals surface area contributed by atoms with Crippen molar-refractivity contribution in [2.45, 2.75) is 27.7 Å². The minimum Gasteiger partial charge on any atom is -0.161 e. The predicted octanol–water partition coefficient (Wildman–Crippen LogP) is 5.04. The number of nitrogens with zero attached hydrogens (tertiary/aromatic N) is 5. The van der Waals surface area contributed by atoms with Crippen molar-refractivity contribution in [1.82, 2.24) is 0 Å². The van der Waals surface area contributed by atoms with Gasteiger partial charge in [0.15, 0.2) is 12.4 Å². The van der Waals surface area contributed by atoms with Crippen LogP contribution in [0.1, 0.15) is 22.3 Å². The first kappa shape index (κ1) is 24.5. The van der Waals surface area contributed by atoms with E-state index in [1.807, 2.05) is 0 Å². The lowest BCUT2D eigenvalue weighted by molar-refractivity contribution is -1.10. The van der Waals surface area contributed by atoms with Crippen LogP contribution in [0.3, 0.4) is 0 Å². The Balaban J connectivity index is 1.99. The number of fused-ring (bicyclic) bond motifs is 9. The summed E-state index contributed by atoms with van der Waals surface area (Å²) in [7, 11) is 0. The summed E-state index contributed by atoms with van der Waals surface area (Å²) in [6, 6.07) is 30.6. The van der Waals surface area contributed by atoms with E-state index in [0.29, 0.717) is 0 Å². The maximum Gasteiger partial charge on any atom is 0.348 e. The van der Waals surface area contributed by atoms with Gasteiger partial charge < -0.3 is 0 Å². The van der Waals surface area contributed by atoms with E-state index in [2.05, 4.69) is 172 Å². The van der Waals surface area contributed by atoms with Gasteiger partial charge in [0.05, 0.1) is 9.03 Å². The molecule has 0 unspecified atom stereocenters. The SMILES string of the molecule is Cc1cc(C)c2c3c1c1cccc[n+]1cc[n+]1ccccc1c1c(C)cc(C)c(c4cccc[n+]4[n+]4ccccc24)[n+]13. The van der Waals surface area contributed by atoms with Crippen LogP contribution in [0.4, 0.5) is 0 Å². The van der Waals surface area contributed by atoms with Gasteiger partial charge in [-0.15, -0.1) is 4.40 Å². The van der Waals surface area contributed by atoms with E-state index in [1.165, 1.54) is 49.6 Å². The van der Waals surface area contributed by atoms with Gasteiger partial charge in [-0.05, 0) is 69.2 Å². The average Bonchev–Trinajstić information content (AvgIpc) is 2.99. The van der Waals surface area contributed by atoms with Crippen molar-refractivity contribution in [3.63, 3.8) is 0 Å². The van der Waals surface area contributed by atoms with Crippen LogP contribution in [0.2, 0.25) is 0 Å². The highest BCUT2D eigenvalue weighted by Gasteiger charge is 2.32. The van der Waals surface area contributed by atoms with E-state index < -0.39 is 0 Å². The Labute approximate surface area is 243 Å². The molecule has 0 radical (unpaired) electrons. The lowest BCUT2D eigenvalue weighted by Crippen LogP contribution is -2.53. The number of pyridine rings is 5. The molecule has 0 bridgehead atoms. The van der Waals surface area contributed by atoms with E-state index in [-0.39, 0.29) is 0 Å².